The van der Waals surface area contributed by atoms with Crippen molar-refractivity contribution in [1.82, 2.24) is 20.2 Å². The summed E-state index contributed by atoms with van der Waals surface area (Å²) < 4.78 is 54.8. The van der Waals surface area contributed by atoms with Gasteiger partial charge in [0.15, 0.2) is 0 Å². The number of hydroxylamine groups is 2. The zero-order valence-electron chi connectivity index (χ0n) is 12.1. The molecule has 0 spiro atoms. The molecular weight excluding hydrogens is 336 g/mol. The largest absolute Gasteiger partial charge is 0.492 e. The minimum atomic E-state index is -5.05. The second kappa shape index (κ2) is 6.23. The molecule has 1 aliphatic rings. The number of aromatic amines is 1. The van der Waals surface area contributed by atoms with Crippen molar-refractivity contribution in [3.63, 3.8) is 0 Å². The molecule has 2 aromatic rings. The van der Waals surface area contributed by atoms with E-state index in [0.717, 1.165) is 11.3 Å². The first-order chi connectivity index (χ1) is 11.3. The second-order valence-corrected chi connectivity index (χ2v) is 5.29. The lowest BCUT2D eigenvalue weighted by molar-refractivity contribution is -0.242. The molecule has 11 heteroatoms. The summed E-state index contributed by atoms with van der Waals surface area (Å²) in [6.45, 7) is 0.184. The Hall–Kier alpha value is -2.43. The van der Waals surface area contributed by atoms with E-state index in [1.165, 1.54) is 6.07 Å². The number of hydrogen-bond acceptors (Lipinski definition) is 6. The van der Waals surface area contributed by atoms with Gasteiger partial charge in [0.25, 0.3) is 0 Å². The van der Waals surface area contributed by atoms with E-state index in [0.29, 0.717) is 18.5 Å². The average Bonchev–Trinajstić information content (AvgIpc) is 3.15. The van der Waals surface area contributed by atoms with Crippen LogP contribution in [0.15, 0.2) is 16.8 Å². The third-order valence-corrected chi connectivity index (χ3v) is 3.51. The molecule has 0 amide bonds. The number of aromatic nitrogens is 3. The van der Waals surface area contributed by atoms with Crippen molar-refractivity contribution >= 4 is 5.97 Å². The Bertz CT molecular complexity index is 727. The highest BCUT2D eigenvalue weighted by Gasteiger charge is 2.43. The first-order valence-corrected chi connectivity index (χ1v) is 7.05. The first kappa shape index (κ1) is 16.4. The lowest BCUT2D eigenvalue weighted by Crippen LogP contribution is -2.40. The highest BCUT2D eigenvalue weighted by Crippen LogP contribution is 2.28. The average molecular weight is 348 g/mol. The van der Waals surface area contributed by atoms with Crippen molar-refractivity contribution in [3.8, 4) is 11.5 Å². The summed E-state index contributed by atoms with van der Waals surface area (Å²) in [6, 6.07) is 1.19. The van der Waals surface area contributed by atoms with Crippen molar-refractivity contribution in [2.45, 2.75) is 24.9 Å². The van der Waals surface area contributed by atoms with E-state index < -0.39 is 18.0 Å². The molecule has 0 radical (unpaired) electrons. The number of nitrogens with one attached hydrogen (secondary N) is 1. The predicted octanol–water partition coefficient (Wildman–Crippen LogP) is 2.40. The standard InChI is InChI=1S/C13H12F4N4O3/c14-8-4-9(18-5-8)10-19-11(23-20-10)7-2-1-3-21(6-7)24-12(22)13(15,16)17/h4-5,7,18H,1-3,6H2/t7-/m0/s1. The molecular formula is C13H12F4N4O3. The third kappa shape index (κ3) is 3.55. The molecule has 7 nitrogen and oxygen atoms in total. The molecule has 24 heavy (non-hydrogen) atoms. The van der Waals surface area contributed by atoms with Gasteiger partial charge in [-0.1, -0.05) is 5.16 Å². The van der Waals surface area contributed by atoms with Gasteiger partial charge in [-0.2, -0.15) is 18.2 Å². The maximum atomic E-state index is 13.0. The van der Waals surface area contributed by atoms with E-state index in [2.05, 4.69) is 20.0 Å². The van der Waals surface area contributed by atoms with Crippen LogP contribution in [0.4, 0.5) is 17.6 Å². The fraction of sp³-hybridized carbons (Fsp3) is 0.462. The van der Waals surface area contributed by atoms with Gasteiger partial charge in [-0.05, 0) is 12.8 Å². The molecule has 1 saturated heterocycles. The quantitative estimate of drug-likeness (QED) is 0.858. The van der Waals surface area contributed by atoms with Gasteiger partial charge in [-0.3, -0.25) is 0 Å². The third-order valence-electron chi connectivity index (χ3n) is 3.51. The van der Waals surface area contributed by atoms with Crippen LogP contribution >= 0.6 is 0 Å². The Kier molecular flexibility index (Phi) is 4.26. The van der Waals surface area contributed by atoms with Crippen LogP contribution in [-0.4, -0.2) is 45.4 Å². The van der Waals surface area contributed by atoms with E-state index in [4.69, 9.17) is 4.52 Å². The second-order valence-electron chi connectivity index (χ2n) is 5.29. The lowest BCUT2D eigenvalue weighted by Gasteiger charge is -2.29. The van der Waals surface area contributed by atoms with E-state index in [1.807, 2.05) is 0 Å². The molecule has 1 atom stereocenters. The van der Waals surface area contributed by atoms with Crippen LogP contribution in [0.5, 0.6) is 0 Å². The van der Waals surface area contributed by atoms with Crippen LogP contribution in [-0.2, 0) is 9.63 Å². The van der Waals surface area contributed by atoms with E-state index in [-0.39, 0.29) is 30.7 Å². The fourth-order valence-corrected chi connectivity index (χ4v) is 2.40. The molecule has 3 heterocycles. The van der Waals surface area contributed by atoms with Crippen LogP contribution in [0.3, 0.4) is 0 Å². The molecule has 1 N–H and O–H groups in total. The van der Waals surface area contributed by atoms with Crippen molar-refractivity contribution in [3.05, 3.63) is 24.0 Å². The number of piperidine rings is 1. The van der Waals surface area contributed by atoms with E-state index in [9.17, 15) is 22.4 Å². The first-order valence-electron chi connectivity index (χ1n) is 7.05. The summed E-state index contributed by atoms with van der Waals surface area (Å²) in [5, 5.41) is 4.64. The molecule has 3 rings (SSSR count). The summed E-state index contributed by atoms with van der Waals surface area (Å²) in [5.41, 5.74) is 0.318. The van der Waals surface area contributed by atoms with Gasteiger partial charge in [0.2, 0.25) is 11.7 Å². The number of H-pyrrole nitrogens is 1. The van der Waals surface area contributed by atoms with Crippen molar-refractivity contribution in [2.75, 3.05) is 13.1 Å². The summed E-state index contributed by atoms with van der Waals surface area (Å²) in [4.78, 5) is 22.0. The van der Waals surface area contributed by atoms with Gasteiger partial charge >= 0.3 is 12.1 Å². The van der Waals surface area contributed by atoms with Crippen molar-refractivity contribution in [1.29, 1.82) is 0 Å². The molecule has 0 aromatic carbocycles. The van der Waals surface area contributed by atoms with Crippen LogP contribution in [0.25, 0.3) is 11.5 Å². The summed E-state index contributed by atoms with van der Waals surface area (Å²) >= 11 is 0. The molecule has 0 aliphatic carbocycles. The van der Waals surface area contributed by atoms with Crippen molar-refractivity contribution in [2.24, 2.45) is 0 Å². The van der Waals surface area contributed by atoms with Crippen LogP contribution in [0, 0.1) is 5.82 Å². The molecule has 130 valence electrons. The van der Waals surface area contributed by atoms with Crippen molar-refractivity contribution < 1.29 is 31.7 Å². The zero-order chi connectivity index (χ0) is 17.3. The van der Waals surface area contributed by atoms with Gasteiger partial charge in [-0.25, -0.2) is 9.18 Å². The minimum absolute atomic E-state index is 0.00252. The number of carbonyl (C=O) groups excluding carboxylic acids is 1. The SMILES string of the molecule is O=C(ON1CCC[C@H](c2nc(-c3cc(F)c[nH]3)no2)C1)C(F)(F)F. The predicted molar refractivity (Wildman–Crippen MR) is 69.7 cm³/mol. The lowest BCUT2D eigenvalue weighted by atomic mass is 9.99. The number of nitrogens with zero attached hydrogens (tertiary/aromatic N) is 3. The highest BCUT2D eigenvalue weighted by molar-refractivity contribution is 5.75. The Morgan fingerprint density at radius 2 is 2.25 bits per heavy atom. The van der Waals surface area contributed by atoms with Gasteiger partial charge in [0.05, 0.1) is 11.6 Å². The smallest absolute Gasteiger partial charge is 0.361 e. The van der Waals surface area contributed by atoms with Gasteiger partial charge in [-0.15, -0.1) is 5.06 Å². The normalized spacial score (nSPS) is 19.4. The van der Waals surface area contributed by atoms with Crippen LogP contribution in [0.1, 0.15) is 24.7 Å². The number of rotatable bonds is 3. The Labute approximate surface area is 132 Å². The van der Waals surface area contributed by atoms with Gasteiger partial charge in [0, 0.05) is 25.4 Å². The zero-order valence-corrected chi connectivity index (χ0v) is 12.1. The summed E-state index contributed by atoms with van der Waals surface area (Å²) in [6.07, 6.45) is -2.85. The number of hydrogen-bond donors (Lipinski definition) is 1. The Balaban J connectivity index is 1.67. The van der Waals surface area contributed by atoms with Gasteiger partial charge < -0.3 is 14.3 Å². The fourth-order valence-electron chi connectivity index (χ4n) is 2.40. The minimum Gasteiger partial charge on any atom is -0.361 e. The van der Waals surface area contributed by atoms with E-state index >= 15 is 0 Å². The van der Waals surface area contributed by atoms with Crippen LogP contribution < -0.4 is 0 Å². The van der Waals surface area contributed by atoms with Gasteiger partial charge in [0.1, 0.15) is 5.82 Å². The van der Waals surface area contributed by atoms with Crippen LogP contribution in [0.2, 0.25) is 0 Å². The highest BCUT2D eigenvalue weighted by atomic mass is 19.4. The topological polar surface area (TPSA) is 84.2 Å². The number of halogens is 4. The molecule has 0 saturated carbocycles. The molecule has 0 bridgehead atoms. The summed E-state index contributed by atoms with van der Waals surface area (Å²) in [7, 11) is 0. The molecule has 0 unspecified atom stereocenters. The Morgan fingerprint density at radius 3 is 2.92 bits per heavy atom. The monoisotopic (exact) mass is 348 g/mol. The maximum Gasteiger partial charge on any atom is 0.492 e. The Morgan fingerprint density at radius 1 is 1.46 bits per heavy atom. The van der Waals surface area contributed by atoms with E-state index in [1.54, 1.807) is 0 Å². The molecule has 2 aromatic heterocycles. The molecule has 1 fully saturated rings. The number of carbonyl (C=O) groups is 1. The number of alkyl halides is 3. The molecule has 1 aliphatic heterocycles. The summed E-state index contributed by atoms with van der Waals surface area (Å²) in [5.74, 6) is -2.82. The maximum absolute atomic E-state index is 13.0.